The second-order valence-corrected chi connectivity index (χ2v) is 11.6. The molecule has 2 aliphatic rings. The molecule has 3 atom stereocenters. The van der Waals surface area contributed by atoms with Gasteiger partial charge in [0, 0.05) is 39.2 Å². The fraction of sp³-hybridized carbons (Fsp3) is 0.519. The zero-order chi connectivity index (χ0) is 28.0. The van der Waals surface area contributed by atoms with E-state index in [1.165, 1.54) is 11.4 Å². The van der Waals surface area contributed by atoms with E-state index in [-0.39, 0.29) is 31.6 Å². The predicted octanol–water partition coefficient (Wildman–Crippen LogP) is 3.32. The van der Waals surface area contributed by atoms with Crippen molar-refractivity contribution in [3.63, 3.8) is 0 Å². The van der Waals surface area contributed by atoms with Gasteiger partial charge in [-0.2, -0.15) is 0 Å². The lowest BCUT2D eigenvalue weighted by atomic mass is 9.90. The lowest BCUT2D eigenvalue weighted by Gasteiger charge is -2.30. The van der Waals surface area contributed by atoms with Crippen LogP contribution >= 0.6 is 0 Å². The van der Waals surface area contributed by atoms with E-state index in [4.69, 9.17) is 23.7 Å². The van der Waals surface area contributed by atoms with Crippen LogP contribution in [-0.4, -0.2) is 94.5 Å². The maximum atomic E-state index is 13.0. The van der Waals surface area contributed by atoms with Gasteiger partial charge in [-0.15, -0.1) is 0 Å². The van der Waals surface area contributed by atoms with Crippen LogP contribution in [0.25, 0.3) is 0 Å². The number of fused-ring (bicyclic) bond motifs is 1. The Morgan fingerprint density at radius 3 is 2.46 bits per heavy atom. The fourth-order valence-corrected chi connectivity index (χ4v) is 6.68. The van der Waals surface area contributed by atoms with E-state index >= 15 is 0 Å². The van der Waals surface area contributed by atoms with Crippen molar-refractivity contribution in [3.05, 3.63) is 53.6 Å². The SMILES string of the molecule is CCCN(CCN1C[C@H](c2ccc3c(c2)OCO3)[C@H](OC(=O)O)[C@H]1c1ccc(OC)cc1)S(=O)(=O)CCOC. The van der Waals surface area contributed by atoms with Crippen molar-refractivity contribution in [2.45, 2.75) is 31.4 Å². The average Bonchev–Trinajstić information content (AvgIpc) is 3.53. The second-order valence-electron chi connectivity index (χ2n) is 9.49. The molecular weight excluding hydrogens is 528 g/mol. The molecule has 0 spiro atoms. The molecule has 39 heavy (non-hydrogen) atoms. The summed E-state index contributed by atoms with van der Waals surface area (Å²) in [5.41, 5.74) is 1.69. The molecule has 1 saturated heterocycles. The van der Waals surface area contributed by atoms with Crippen LogP contribution in [0.5, 0.6) is 17.2 Å². The van der Waals surface area contributed by atoms with E-state index in [1.54, 1.807) is 7.11 Å². The summed E-state index contributed by atoms with van der Waals surface area (Å²) in [6, 6.07) is 12.5. The zero-order valence-corrected chi connectivity index (χ0v) is 23.3. The first kappa shape index (κ1) is 28.9. The summed E-state index contributed by atoms with van der Waals surface area (Å²) in [7, 11) is -0.472. The van der Waals surface area contributed by atoms with Gasteiger partial charge in [-0.05, 0) is 41.8 Å². The lowest BCUT2D eigenvalue weighted by molar-refractivity contribution is 0.0283. The highest BCUT2D eigenvalue weighted by Gasteiger charge is 2.46. The Morgan fingerprint density at radius 2 is 1.79 bits per heavy atom. The molecule has 2 aromatic carbocycles. The van der Waals surface area contributed by atoms with Crippen LogP contribution in [0.1, 0.15) is 36.4 Å². The highest BCUT2D eigenvalue weighted by atomic mass is 32.2. The van der Waals surface area contributed by atoms with E-state index in [0.717, 1.165) is 11.1 Å². The highest BCUT2D eigenvalue weighted by Crippen LogP contribution is 2.45. The molecule has 0 bridgehead atoms. The van der Waals surface area contributed by atoms with Gasteiger partial charge in [-0.3, -0.25) is 4.90 Å². The van der Waals surface area contributed by atoms with E-state index in [9.17, 15) is 18.3 Å². The van der Waals surface area contributed by atoms with Gasteiger partial charge < -0.3 is 28.8 Å². The van der Waals surface area contributed by atoms with Crippen molar-refractivity contribution >= 4 is 16.2 Å². The molecule has 0 amide bonds. The zero-order valence-electron chi connectivity index (χ0n) is 22.4. The van der Waals surface area contributed by atoms with E-state index in [2.05, 4.69) is 4.90 Å². The third kappa shape index (κ3) is 6.75. The van der Waals surface area contributed by atoms with Gasteiger partial charge in [0.1, 0.15) is 11.9 Å². The molecule has 0 aliphatic carbocycles. The number of likely N-dealkylation sites (tertiary alicyclic amines) is 1. The summed E-state index contributed by atoms with van der Waals surface area (Å²) >= 11 is 0. The third-order valence-electron chi connectivity index (χ3n) is 7.10. The number of hydrogen-bond acceptors (Lipinski definition) is 9. The molecule has 0 saturated carbocycles. The van der Waals surface area contributed by atoms with Crippen molar-refractivity contribution in [1.82, 2.24) is 9.21 Å². The molecule has 11 nitrogen and oxygen atoms in total. The Bertz CT molecular complexity index is 1220. The molecule has 214 valence electrons. The number of carboxylic acid groups (broad SMARTS) is 1. The van der Waals surface area contributed by atoms with E-state index in [1.807, 2.05) is 49.4 Å². The van der Waals surface area contributed by atoms with Crippen LogP contribution in [0.4, 0.5) is 4.79 Å². The summed E-state index contributed by atoms with van der Waals surface area (Å²) in [4.78, 5) is 14.0. The van der Waals surface area contributed by atoms with Gasteiger partial charge in [-0.1, -0.05) is 25.1 Å². The number of nitrogens with zero attached hydrogens (tertiary/aromatic N) is 2. The van der Waals surface area contributed by atoms with Crippen molar-refractivity contribution in [2.75, 3.05) is 59.6 Å². The van der Waals surface area contributed by atoms with Crippen LogP contribution in [0, 0.1) is 0 Å². The maximum Gasteiger partial charge on any atom is 0.506 e. The third-order valence-corrected chi connectivity index (χ3v) is 8.93. The van der Waals surface area contributed by atoms with Gasteiger partial charge in [0.05, 0.1) is 25.5 Å². The lowest BCUT2D eigenvalue weighted by Crippen LogP contribution is -2.41. The predicted molar refractivity (Wildman–Crippen MR) is 143 cm³/mol. The number of sulfonamides is 1. The number of benzene rings is 2. The molecule has 2 aliphatic heterocycles. The summed E-state index contributed by atoms with van der Waals surface area (Å²) in [5.74, 6) is 1.47. The van der Waals surface area contributed by atoms with Gasteiger partial charge >= 0.3 is 6.16 Å². The normalized spacial score (nSPS) is 20.9. The highest BCUT2D eigenvalue weighted by molar-refractivity contribution is 7.89. The second kappa shape index (κ2) is 12.9. The first-order chi connectivity index (χ1) is 18.8. The number of hydrogen-bond donors (Lipinski definition) is 1. The molecule has 12 heteroatoms. The standard InChI is InChI=1S/C27H36N2O9S/c1-4-11-29(39(32,33)15-14-34-2)13-12-28-17-22(20-7-10-23-24(16-20)37-18-36-23)26(38-27(30)31)25(28)19-5-8-21(35-3)9-6-19/h5-10,16,22,25-26H,4,11-15,17-18H2,1-3H3,(H,30,31)/t22-,25-,26+/m1/s1. The smallest absolute Gasteiger partial charge is 0.497 e. The Hall–Kier alpha value is -3.06. The first-order valence-corrected chi connectivity index (χ1v) is 14.5. The largest absolute Gasteiger partial charge is 0.506 e. The maximum absolute atomic E-state index is 13.0. The molecule has 4 rings (SSSR count). The summed E-state index contributed by atoms with van der Waals surface area (Å²) in [6.07, 6.45) is -1.46. The molecular formula is C27H36N2O9S. The van der Waals surface area contributed by atoms with Crippen LogP contribution in [-0.2, 0) is 19.5 Å². The molecule has 2 heterocycles. The monoisotopic (exact) mass is 564 g/mol. The van der Waals surface area contributed by atoms with Crippen molar-refractivity contribution < 1.29 is 42.0 Å². The molecule has 0 unspecified atom stereocenters. The van der Waals surface area contributed by atoms with Gasteiger partial charge in [-0.25, -0.2) is 17.5 Å². The number of carbonyl (C=O) groups is 1. The Balaban J connectivity index is 1.67. The Labute approximate surface area is 229 Å². The van der Waals surface area contributed by atoms with E-state index < -0.39 is 28.3 Å². The molecule has 1 N–H and O–H groups in total. The fourth-order valence-electron chi connectivity index (χ4n) is 5.23. The van der Waals surface area contributed by atoms with Crippen LogP contribution in [0.3, 0.4) is 0 Å². The number of methoxy groups -OCH3 is 2. The summed E-state index contributed by atoms with van der Waals surface area (Å²) in [5, 5.41) is 9.70. The van der Waals surface area contributed by atoms with Crippen molar-refractivity contribution in [1.29, 1.82) is 0 Å². The Kier molecular flexibility index (Phi) is 9.54. The minimum Gasteiger partial charge on any atom is -0.497 e. The van der Waals surface area contributed by atoms with Crippen LogP contribution in [0.2, 0.25) is 0 Å². The van der Waals surface area contributed by atoms with Crippen molar-refractivity contribution in [3.8, 4) is 17.2 Å². The summed E-state index contributed by atoms with van der Waals surface area (Å²) in [6.45, 7) is 3.64. The van der Waals surface area contributed by atoms with Crippen LogP contribution < -0.4 is 14.2 Å². The summed E-state index contributed by atoms with van der Waals surface area (Å²) < 4.78 is 54.4. The topological polar surface area (TPSA) is 124 Å². The first-order valence-electron chi connectivity index (χ1n) is 12.9. The molecule has 1 fully saturated rings. The Morgan fingerprint density at radius 1 is 1.08 bits per heavy atom. The quantitative estimate of drug-likeness (QED) is 0.362. The van der Waals surface area contributed by atoms with Crippen LogP contribution in [0.15, 0.2) is 42.5 Å². The minimum atomic E-state index is -3.53. The minimum absolute atomic E-state index is 0.101. The number of ether oxygens (including phenoxy) is 5. The van der Waals surface area contributed by atoms with Gasteiger partial charge in [0.25, 0.3) is 0 Å². The average molecular weight is 565 g/mol. The van der Waals surface area contributed by atoms with Crippen molar-refractivity contribution in [2.24, 2.45) is 0 Å². The van der Waals surface area contributed by atoms with Gasteiger partial charge in [0.15, 0.2) is 11.5 Å². The molecule has 0 radical (unpaired) electrons. The molecule has 0 aromatic heterocycles. The number of rotatable bonds is 13. The van der Waals surface area contributed by atoms with E-state index in [0.29, 0.717) is 43.3 Å². The van der Waals surface area contributed by atoms with Gasteiger partial charge in [0.2, 0.25) is 16.8 Å². The molecule has 2 aromatic rings.